The molecule has 0 aliphatic carbocycles. The maximum absolute atomic E-state index is 12.4. The molecule has 1 aromatic carbocycles. The zero-order valence-corrected chi connectivity index (χ0v) is 13.4. The highest BCUT2D eigenvalue weighted by Gasteiger charge is 2.23. The number of aliphatic hydroxyl groups excluding tert-OH is 1. The molecule has 0 spiro atoms. The van der Waals surface area contributed by atoms with Crippen molar-refractivity contribution in [3.8, 4) is 0 Å². The quantitative estimate of drug-likeness (QED) is 0.928. The van der Waals surface area contributed by atoms with E-state index in [1.54, 1.807) is 4.90 Å². The second kappa shape index (κ2) is 7.25. The van der Waals surface area contributed by atoms with E-state index in [-0.39, 0.29) is 18.1 Å². The molecule has 1 aliphatic rings. The smallest absolute Gasteiger partial charge is 0.236 e. The van der Waals surface area contributed by atoms with Crippen LogP contribution >= 0.6 is 11.6 Å². The third-order valence-electron chi connectivity index (χ3n) is 4.24. The molecule has 0 aromatic heterocycles. The summed E-state index contributed by atoms with van der Waals surface area (Å²) in [4.78, 5) is 16.3. The van der Waals surface area contributed by atoms with Crippen LogP contribution in [0.15, 0.2) is 24.3 Å². The topological polar surface area (TPSA) is 43.8 Å². The maximum atomic E-state index is 12.4. The van der Waals surface area contributed by atoms with E-state index in [4.69, 9.17) is 11.6 Å². The van der Waals surface area contributed by atoms with Crippen molar-refractivity contribution >= 4 is 17.5 Å². The van der Waals surface area contributed by atoms with E-state index in [1.807, 2.05) is 38.2 Å². The Morgan fingerprint density at radius 3 is 2.52 bits per heavy atom. The van der Waals surface area contributed by atoms with E-state index >= 15 is 0 Å². The van der Waals surface area contributed by atoms with Crippen molar-refractivity contribution in [2.45, 2.75) is 31.9 Å². The van der Waals surface area contributed by atoms with Crippen molar-refractivity contribution in [3.63, 3.8) is 0 Å². The van der Waals surface area contributed by atoms with Crippen molar-refractivity contribution in [1.82, 2.24) is 9.80 Å². The van der Waals surface area contributed by atoms with Crippen LogP contribution < -0.4 is 0 Å². The molecule has 1 saturated heterocycles. The summed E-state index contributed by atoms with van der Waals surface area (Å²) in [6, 6.07) is 7.61. The molecule has 1 N–H and O–H groups in total. The zero-order chi connectivity index (χ0) is 15.4. The van der Waals surface area contributed by atoms with E-state index in [0.29, 0.717) is 11.6 Å². The van der Waals surface area contributed by atoms with E-state index < -0.39 is 0 Å². The molecule has 1 atom stereocenters. The van der Waals surface area contributed by atoms with Gasteiger partial charge in [0.2, 0.25) is 5.91 Å². The molecule has 116 valence electrons. The van der Waals surface area contributed by atoms with Crippen LogP contribution in [0.2, 0.25) is 5.02 Å². The molecule has 1 heterocycles. The van der Waals surface area contributed by atoms with Crippen LogP contribution in [0.3, 0.4) is 0 Å². The first-order valence-electron chi connectivity index (χ1n) is 7.39. The molecule has 1 unspecified atom stereocenters. The Hall–Kier alpha value is -1.10. The fourth-order valence-electron chi connectivity index (χ4n) is 2.56. The molecule has 1 fully saturated rings. The van der Waals surface area contributed by atoms with Crippen LogP contribution in [-0.2, 0) is 4.79 Å². The molecule has 5 heteroatoms. The van der Waals surface area contributed by atoms with Crippen LogP contribution in [0.1, 0.15) is 31.4 Å². The Labute approximate surface area is 131 Å². The minimum atomic E-state index is -0.206. The highest BCUT2D eigenvalue weighted by molar-refractivity contribution is 6.30. The van der Waals surface area contributed by atoms with Gasteiger partial charge in [0.1, 0.15) is 0 Å². The number of nitrogens with zero attached hydrogens (tertiary/aromatic N) is 2. The van der Waals surface area contributed by atoms with Crippen molar-refractivity contribution < 1.29 is 9.90 Å². The van der Waals surface area contributed by atoms with Gasteiger partial charge in [0.05, 0.1) is 18.7 Å². The van der Waals surface area contributed by atoms with Gasteiger partial charge in [0, 0.05) is 25.2 Å². The maximum Gasteiger partial charge on any atom is 0.236 e. The zero-order valence-electron chi connectivity index (χ0n) is 12.6. The van der Waals surface area contributed by atoms with Crippen LogP contribution in [0, 0.1) is 0 Å². The monoisotopic (exact) mass is 310 g/mol. The van der Waals surface area contributed by atoms with Crippen molar-refractivity contribution in [2.75, 3.05) is 26.7 Å². The highest BCUT2D eigenvalue weighted by atomic mass is 35.5. The number of likely N-dealkylation sites (tertiary alicyclic amines) is 1. The molecular weight excluding hydrogens is 288 g/mol. The summed E-state index contributed by atoms with van der Waals surface area (Å²) >= 11 is 5.89. The molecule has 0 saturated carbocycles. The Kier molecular flexibility index (Phi) is 5.62. The number of hydrogen-bond donors (Lipinski definition) is 1. The van der Waals surface area contributed by atoms with Gasteiger partial charge >= 0.3 is 0 Å². The van der Waals surface area contributed by atoms with Crippen LogP contribution in [0.5, 0.6) is 0 Å². The van der Waals surface area contributed by atoms with Gasteiger partial charge in [-0.15, -0.1) is 0 Å². The van der Waals surface area contributed by atoms with Gasteiger partial charge in [0.15, 0.2) is 0 Å². The summed E-state index contributed by atoms with van der Waals surface area (Å²) < 4.78 is 0. The lowest BCUT2D eigenvalue weighted by molar-refractivity contribution is -0.133. The molecule has 1 aliphatic heterocycles. The number of piperidine rings is 1. The first-order valence-corrected chi connectivity index (χ1v) is 7.76. The lowest BCUT2D eigenvalue weighted by Gasteiger charge is -2.32. The molecular formula is C16H23ClN2O2. The standard InChI is InChI=1S/C16H23ClN2O2/c1-12(13-3-5-14(17)6-4-13)18(2)16(21)11-19-9-7-15(20)8-10-19/h3-6,12,15,20H,7-11H2,1-2H3. The second-order valence-corrected chi connectivity index (χ2v) is 6.18. The third kappa shape index (κ3) is 4.43. The van der Waals surface area contributed by atoms with Gasteiger partial charge in [-0.3, -0.25) is 9.69 Å². The predicted octanol–water partition coefficient (Wildman–Crippen LogP) is 2.32. The van der Waals surface area contributed by atoms with E-state index in [2.05, 4.69) is 4.90 Å². The summed E-state index contributed by atoms with van der Waals surface area (Å²) in [6.45, 7) is 4.01. The second-order valence-electron chi connectivity index (χ2n) is 5.74. The van der Waals surface area contributed by atoms with E-state index in [1.165, 1.54) is 0 Å². The lowest BCUT2D eigenvalue weighted by atomic mass is 10.1. The van der Waals surface area contributed by atoms with Gasteiger partial charge < -0.3 is 10.0 Å². The third-order valence-corrected chi connectivity index (χ3v) is 4.49. The van der Waals surface area contributed by atoms with Crippen LogP contribution in [0.25, 0.3) is 0 Å². The molecule has 0 radical (unpaired) electrons. The molecule has 21 heavy (non-hydrogen) atoms. The first-order chi connectivity index (χ1) is 9.97. The Morgan fingerprint density at radius 2 is 1.95 bits per heavy atom. The van der Waals surface area contributed by atoms with Gasteiger partial charge in [-0.1, -0.05) is 23.7 Å². The molecule has 2 rings (SSSR count). The van der Waals surface area contributed by atoms with Gasteiger partial charge in [-0.05, 0) is 37.5 Å². The SMILES string of the molecule is CC(c1ccc(Cl)cc1)N(C)C(=O)CN1CCC(O)CC1. The van der Waals surface area contributed by atoms with Gasteiger partial charge in [0.25, 0.3) is 0 Å². The van der Waals surface area contributed by atoms with Crippen LogP contribution in [-0.4, -0.2) is 53.6 Å². The van der Waals surface area contributed by atoms with Crippen molar-refractivity contribution in [1.29, 1.82) is 0 Å². The molecule has 0 bridgehead atoms. The summed E-state index contributed by atoms with van der Waals surface area (Å²) in [6.07, 6.45) is 1.30. The normalized spacial score (nSPS) is 18.5. The lowest BCUT2D eigenvalue weighted by Crippen LogP contribution is -2.43. The minimum absolute atomic E-state index is 0.0187. The van der Waals surface area contributed by atoms with Gasteiger partial charge in [-0.25, -0.2) is 0 Å². The first kappa shape index (κ1) is 16.3. The van der Waals surface area contributed by atoms with E-state index in [9.17, 15) is 9.90 Å². The average molecular weight is 311 g/mol. The summed E-state index contributed by atoms with van der Waals surface area (Å²) in [7, 11) is 1.83. The number of carbonyl (C=O) groups excluding carboxylic acids is 1. The number of carbonyl (C=O) groups is 1. The number of rotatable bonds is 4. The van der Waals surface area contributed by atoms with Crippen LogP contribution in [0.4, 0.5) is 0 Å². The Morgan fingerprint density at radius 1 is 1.38 bits per heavy atom. The molecule has 1 aromatic rings. The molecule has 1 amide bonds. The number of aliphatic hydroxyl groups is 1. The summed E-state index contributed by atoms with van der Waals surface area (Å²) in [5, 5.41) is 10.2. The number of benzene rings is 1. The molecule has 4 nitrogen and oxygen atoms in total. The minimum Gasteiger partial charge on any atom is -0.393 e. The summed E-state index contributed by atoms with van der Waals surface area (Å²) in [5.74, 6) is 0.105. The number of hydrogen-bond acceptors (Lipinski definition) is 3. The Balaban J connectivity index is 1.90. The predicted molar refractivity (Wildman–Crippen MR) is 84.3 cm³/mol. The van der Waals surface area contributed by atoms with Crippen molar-refractivity contribution in [2.24, 2.45) is 0 Å². The number of amides is 1. The highest BCUT2D eigenvalue weighted by Crippen LogP contribution is 2.21. The van der Waals surface area contributed by atoms with Gasteiger partial charge in [-0.2, -0.15) is 0 Å². The fraction of sp³-hybridized carbons (Fsp3) is 0.562. The Bertz CT molecular complexity index is 470. The number of likely N-dealkylation sites (N-methyl/N-ethyl adjacent to an activating group) is 1. The largest absolute Gasteiger partial charge is 0.393 e. The van der Waals surface area contributed by atoms with Crippen molar-refractivity contribution in [3.05, 3.63) is 34.9 Å². The number of halogens is 1. The van der Waals surface area contributed by atoms with E-state index in [0.717, 1.165) is 31.5 Å². The summed E-state index contributed by atoms with van der Waals surface area (Å²) in [5.41, 5.74) is 1.07. The average Bonchev–Trinajstić information content (AvgIpc) is 2.49. The fourth-order valence-corrected chi connectivity index (χ4v) is 2.69.